The van der Waals surface area contributed by atoms with Gasteiger partial charge in [0, 0.05) is 25.4 Å². The van der Waals surface area contributed by atoms with Crippen molar-refractivity contribution in [2.75, 3.05) is 26.2 Å². The Morgan fingerprint density at radius 1 is 1.38 bits per heavy atom. The first-order valence-corrected chi connectivity index (χ1v) is 5.83. The highest BCUT2D eigenvalue weighted by molar-refractivity contribution is 5.81. The van der Waals surface area contributed by atoms with Crippen molar-refractivity contribution in [3.63, 3.8) is 0 Å². The van der Waals surface area contributed by atoms with Crippen LogP contribution in [0.5, 0.6) is 0 Å². The smallest absolute Gasteiger partial charge is 0.409 e. The summed E-state index contributed by atoms with van der Waals surface area (Å²) in [6, 6.07) is 0. The topological polar surface area (TPSA) is 72.6 Å². The summed E-state index contributed by atoms with van der Waals surface area (Å²) in [6.45, 7) is 3.82. The number of carbonyl (C=O) groups is 2. The largest absolute Gasteiger partial charge is 0.450 e. The molecule has 1 heterocycles. The first kappa shape index (κ1) is 13.0. The number of amides is 1. The van der Waals surface area contributed by atoms with E-state index >= 15 is 0 Å². The molecule has 0 aliphatic carbocycles. The van der Waals surface area contributed by atoms with E-state index in [1.807, 2.05) is 0 Å². The quantitative estimate of drug-likeness (QED) is 0.771. The highest BCUT2D eigenvalue weighted by Crippen LogP contribution is 2.19. The van der Waals surface area contributed by atoms with Crippen molar-refractivity contribution in [3.8, 4) is 0 Å². The van der Waals surface area contributed by atoms with Crippen molar-refractivity contribution in [1.82, 2.24) is 4.90 Å². The molecule has 5 nitrogen and oxygen atoms in total. The number of nitrogens with zero attached hydrogens (tertiary/aromatic N) is 1. The van der Waals surface area contributed by atoms with E-state index in [0.717, 1.165) is 12.8 Å². The van der Waals surface area contributed by atoms with Crippen LogP contribution in [0.3, 0.4) is 0 Å². The van der Waals surface area contributed by atoms with E-state index < -0.39 is 0 Å². The Morgan fingerprint density at radius 2 is 2.00 bits per heavy atom. The molecule has 0 bridgehead atoms. The summed E-state index contributed by atoms with van der Waals surface area (Å²) in [5, 5.41) is 0. The number of Topliss-reactive ketones (excluding diaryl/α,β-unsaturated/α-hetero) is 1. The lowest BCUT2D eigenvalue weighted by Gasteiger charge is -2.30. The molecule has 0 spiro atoms. The molecule has 1 rings (SSSR count). The highest BCUT2D eigenvalue weighted by atomic mass is 16.6. The third-order valence-electron chi connectivity index (χ3n) is 2.87. The maximum Gasteiger partial charge on any atom is 0.409 e. The van der Waals surface area contributed by atoms with Gasteiger partial charge in [-0.1, -0.05) is 0 Å². The second kappa shape index (κ2) is 6.48. The SMILES string of the molecule is CCOC(=O)N1CCC(C(=O)CCN)CC1. The van der Waals surface area contributed by atoms with E-state index in [2.05, 4.69) is 0 Å². The van der Waals surface area contributed by atoms with Gasteiger partial charge in [0.25, 0.3) is 0 Å². The molecule has 5 heteroatoms. The van der Waals surface area contributed by atoms with Crippen LogP contribution < -0.4 is 5.73 Å². The summed E-state index contributed by atoms with van der Waals surface area (Å²) in [6.07, 6.45) is 1.64. The van der Waals surface area contributed by atoms with Gasteiger partial charge in [0.2, 0.25) is 0 Å². The molecule has 2 N–H and O–H groups in total. The van der Waals surface area contributed by atoms with Crippen LogP contribution in [0.15, 0.2) is 0 Å². The number of hydrogen-bond acceptors (Lipinski definition) is 4. The summed E-state index contributed by atoms with van der Waals surface area (Å²) in [5.74, 6) is 0.306. The van der Waals surface area contributed by atoms with E-state index in [0.29, 0.717) is 32.7 Å². The van der Waals surface area contributed by atoms with E-state index in [4.69, 9.17) is 10.5 Å². The average Bonchev–Trinajstić information content (AvgIpc) is 2.30. The van der Waals surface area contributed by atoms with Gasteiger partial charge in [0.15, 0.2) is 0 Å². The molecule has 92 valence electrons. The average molecular weight is 228 g/mol. The normalized spacial score (nSPS) is 17.2. The first-order valence-electron chi connectivity index (χ1n) is 5.83. The molecule has 0 aromatic carbocycles. The molecule has 0 radical (unpaired) electrons. The van der Waals surface area contributed by atoms with Crippen LogP contribution in [-0.4, -0.2) is 43.0 Å². The first-order chi connectivity index (χ1) is 7.69. The second-order valence-corrected chi connectivity index (χ2v) is 3.97. The maximum absolute atomic E-state index is 11.6. The third-order valence-corrected chi connectivity index (χ3v) is 2.87. The molecule has 1 saturated heterocycles. The van der Waals surface area contributed by atoms with Gasteiger partial charge in [-0.3, -0.25) is 4.79 Å². The predicted octanol–water partition coefficient (Wildman–Crippen LogP) is 0.773. The summed E-state index contributed by atoms with van der Waals surface area (Å²) in [4.78, 5) is 24.6. The molecule has 0 saturated carbocycles. The molecule has 1 aliphatic heterocycles. The Kier molecular flexibility index (Phi) is 5.25. The number of likely N-dealkylation sites (tertiary alicyclic amines) is 1. The molecular weight excluding hydrogens is 208 g/mol. The number of ether oxygens (including phenoxy) is 1. The van der Waals surface area contributed by atoms with Crippen LogP contribution in [0.4, 0.5) is 4.79 Å². The molecule has 1 aliphatic rings. The van der Waals surface area contributed by atoms with Crippen molar-refractivity contribution >= 4 is 11.9 Å². The number of ketones is 1. The van der Waals surface area contributed by atoms with Gasteiger partial charge >= 0.3 is 6.09 Å². The highest BCUT2D eigenvalue weighted by Gasteiger charge is 2.27. The van der Waals surface area contributed by atoms with Gasteiger partial charge in [-0.05, 0) is 26.3 Å². The number of rotatable bonds is 4. The minimum Gasteiger partial charge on any atom is -0.450 e. The molecule has 0 aromatic rings. The summed E-state index contributed by atoms with van der Waals surface area (Å²) < 4.78 is 4.91. The third kappa shape index (κ3) is 3.48. The van der Waals surface area contributed by atoms with Gasteiger partial charge in [0.05, 0.1) is 6.61 Å². The van der Waals surface area contributed by atoms with Crippen LogP contribution in [0.1, 0.15) is 26.2 Å². The lowest BCUT2D eigenvalue weighted by Crippen LogP contribution is -2.40. The molecule has 0 aromatic heterocycles. The predicted molar refractivity (Wildman–Crippen MR) is 60.0 cm³/mol. The second-order valence-electron chi connectivity index (χ2n) is 3.97. The molecule has 16 heavy (non-hydrogen) atoms. The zero-order valence-electron chi connectivity index (χ0n) is 9.78. The van der Waals surface area contributed by atoms with Crippen molar-refractivity contribution in [2.24, 2.45) is 11.7 Å². The van der Waals surface area contributed by atoms with E-state index in [1.165, 1.54) is 0 Å². The van der Waals surface area contributed by atoms with E-state index in [-0.39, 0.29) is 17.8 Å². The van der Waals surface area contributed by atoms with Gasteiger partial charge in [-0.2, -0.15) is 0 Å². The lowest BCUT2D eigenvalue weighted by atomic mass is 9.91. The van der Waals surface area contributed by atoms with Crippen LogP contribution >= 0.6 is 0 Å². The zero-order chi connectivity index (χ0) is 12.0. The van der Waals surface area contributed by atoms with Crippen LogP contribution in [0.2, 0.25) is 0 Å². The van der Waals surface area contributed by atoms with E-state index in [9.17, 15) is 9.59 Å². The minimum absolute atomic E-state index is 0.0780. The van der Waals surface area contributed by atoms with Crippen LogP contribution in [0.25, 0.3) is 0 Å². The van der Waals surface area contributed by atoms with Crippen LogP contribution in [0, 0.1) is 5.92 Å². The molecule has 0 unspecified atom stereocenters. The minimum atomic E-state index is -0.271. The van der Waals surface area contributed by atoms with Crippen molar-refractivity contribution in [1.29, 1.82) is 0 Å². The van der Waals surface area contributed by atoms with Crippen molar-refractivity contribution in [2.45, 2.75) is 26.2 Å². The molecular formula is C11H20N2O3. The van der Waals surface area contributed by atoms with E-state index in [1.54, 1.807) is 11.8 Å². The van der Waals surface area contributed by atoms with Gasteiger partial charge in [-0.25, -0.2) is 4.79 Å². The number of hydrogen-bond donors (Lipinski definition) is 1. The van der Waals surface area contributed by atoms with Gasteiger partial charge < -0.3 is 15.4 Å². The fraction of sp³-hybridized carbons (Fsp3) is 0.818. The zero-order valence-corrected chi connectivity index (χ0v) is 9.78. The van der Waals surface area contributed by atoms with Crippen molar-refractivity contribution < 1.29 is 14.3 Å². The summed E-state index contributed by atoms with van der Waals surface area (Å²) >= 11 is 0. The lowest BCUT2D eigenvalue weighted by molar-refractivity contribution is -0.124. The van der Waals surface area contributed by atoms with Crippen molar-refractivity contribution in [3.05, 3.63) is 0 Å². The fourth-order valence-electron chi connectivity index (χ4n) is 1.95. The van der Waals surface area contributed by atoms with Gasteiger partial charge in [-0.15, -0.1) is 0 Å². The monoisotopic (exact) mass is 228 g/mol. The number of nitrogens with two attached hydrogens (primary N) is 1. The Morgan fingerprint density at radius 3 is 2.50 bits per heavy atom. The fourth-order valence-corrected chi connectivity index (χ4v) is 1.95. The molecule has 1 amide bonds. The Balaban J connectivity index is 2.33. The Bertz CT molecular complexity index is 222. The standard InChI is InChI=1S/C11H20N2O3/c1-2-16-11(15)13-7-4-9(5-8-13)10(14)3-6-12/h9H,2-8,12H2,1H3. The maximum atomic E-state index is 11.6. The van der Waals surface area contributed by atoms with Gasteiger partial charge in [0.1, 0.15) is 5.78 Å². The Labute approximate surface area is 95.9 Å². The summed E-state index contributed by atoms with van der Waals surface area (Å²) in [7, 11) is 0. The number of carbonyl (C=O) groups excluding carboxylic acids is 2. The Hall–Kier alpha value is -1.10. The number of piperidine rings is 1. The molecule has 0 atom stereocenters. The van der Waals surface area contributed by atoms with Crippen LogP contribution in [-0.2, 0) is 9.53 Å². The summed E-state index contributed by atoms with van der Waals surface area (Å²) in [5.41, 5.74) is 5.35. The molecule has 1 fully saturated rings.